The number of amides is 2. The molecule has 148 valence electrons. The average molecular weight is 379 g/mol. The summed E-state index contributed by atoms with van der Waals surface area (Å²) in [6.07, 6.45) is 5.67. The molecular weight excluding hydrogens is 348 g/mol. The number of benzene rings is 2. The number of carbonyl (C=O) groups is 2. The molecule has 0 fully saturated rings. The molecule has 0 saturated heterocycles. The summed E-state index contributed by atoms with van der Waals surface area (Å²) in [5.74, 6) is -1.20. The van der Waals surface area contributed by atoms with E-state index in [2.05, 4.69) is 47.9 Å². The van der Waals surface area contributed by atoms with Crippen LogP contribution in [-0.4, -0.2) is 11.8 Å². The van der Waals surface area contributed by atoms with Crippen molar-refractivity contribution in [3.05, 3.63) is 70.3 Å². The molecule has 2 aromatic carbocycles. The molecule has 0 heterocycles. The number of hydrogen-bond donors (Lipinski definition) is 2. The molecule has 1 aliphatic rings. The van der Waals surface area contributed by atoms with E-state index in [1.54, 1.807) is 0 Å². The van der Waals surface area contributed by atoms with E-state index in [1.165, 1.54) is 29.5 Å². The Hall–Kier alpha value is -2.62. The van der Waals surface area contributed by atoms with Gasteiger partial charge in [-0.3, -0.25) is 9.59 Å². The van der Waals surface area contributed by atoms with Crippen molar-refractivity contribution in [2.24, 2.45) is 0 Å². The van der Waals surface area contributed by atoms with Gasteiger partial charge in [-0.1, -0.05) is 49.4 Å². The van der Waals surface area contributed by atoms with Crippen molar-refractivity contribution >= 4 is 11.8 Å². The minimum Gasteiger partial charge on any atom is -0.341 e. The highest BCUT2D eigenvalue weighted by atomic mass is 16.2. The molecule has 0 spiro atoms. The number of fused-ring (bicyclic) bond motifs is 1. The van der Waals surface area contributed by atoms with Gasteiger partial charge in [-0.15, -0.1) is 0 Å². The summed E-state index contributed by atoms with van der Waals surface area (Å²) >= 11 is 0. The van der Waals surface area contributed by atoms with Crippen molar-refractivity contribution in [2.75, 3.05) is 0 Å². The maximum atomic E-state index is 12.4. The first-order chi connectivity index (χ1) is 13.5. The monoisotopic (exact) mass is 378 g/mol. The smallest absolute Gasteiger partial charge is 0.309 e. The summed E-state index contributed by atoms with van der Waals surface area (Å²) in [6.45, 7) is 5.91. The summed E-state index contributed by atoms with van der Waals surface area (Å²) in [7, 11) is 0. The zero-order valence-corrected chi connectivity index (χ0v) is 17.0. The maximum Gasteiger partial charge on any atom is 0.309 e. The van der Waals surface area contributed by atoms with E-state index in [9.17, 15) is 9.59 Å². The zero-order valence-electron chi connectivity index (χ0n) is 17.0. The SMILES string of the molecule is CCc1ccc(C(C)NC(=O)C(=O)NC(C)c2ccc3c(c2)CCCC3)cc1. The van der Waals surface area contributed by atoms with Gasteiger partial charge in [-0.25, -0.2) is 0 Å². The molecule has 2 aromatic rings. The van der Waals surface area contributed by atoms with Gasteiger partial charge in [0.1, 0.15) is 0 Å². The Morgan fingerprint density at radius 2 is 1.36 bits per heavy atom. The molecule has 0 aliphatic heterocycles. The van der Waals surface area contributed by atoms with E-state index in [4.69, 9.17) is 0 Å². The van der Waals surface area contributed by atoms with Crippen molar-refractivity contribution in [1.82, 2.24) is 10.6 Å². The molecule has 28 heavy (non-hydrogen) atoms. The van der Waals surface area contributed by atoms with Crippen molar-refractivity contribution in [3.63, 3.8) is 0 Å². The Balaban J connectivity index is 1.57. The molecule has 2 N–H and O–H groups in total. The fourth-order valence-electron chi connectivity index (χ4n) is 3.76. The van der Waals surface area contributed by atoms with Gasteiger partial charge < -0.3 is 10.6 Å². The van der Waals surface area contributed by atoms with Gasteiger partial charge in [-0.05, 0) is 73.8 Å². The molecule has 4 nitrogen and oxygen atoms in total. The van der Waals surface area contributed by atoms with E-state index in [0.29, 0.717) is 0 Å². The van der Waals surface area contributed by atoms with Crippen LogP contribution in [0.5, 0.6) is 0 Å². The van der Waals surface area contributed by atoms with Gasteiger partial charge in [-0.2, -0.15) is 0 Å². The molecule has 2 unspecified atom stereocenters. The van der Waals surface area contributed by atoms with Crippen molar-refractivity contribution in [3.8, 4) is 0 Å². The van der Waals surface area contributed by atoms with Crippen LogP contribution in [0.3, 0.4) is 0 Å². The summed E-state index contributed by atoms with van der Waals surface area (Å²) in [6, 6.07) is 14.1. The predicted octanol–water partition coefficient (Wildman–Crippen LogP) is 4.18. The van der Waals surface area contributed by atoms with Crippen LogP contribution in [0.15, 0.2) is 42.5 Å². The third kappa shape index (κ3) is 4.80. The summed E-state index contributed by atoms with van der Waals surface area (Å²) in [4.78, 5) is 24.7. The van der Waals surface area contributed by atoms with E-state index in [1.807, 2.05) is 26.0 Å². The van der Waals surface area contributed by atoms with Crippen LogP contribution in [0.2, 0.25) is 0 Å². The number of nitrogens with one attached hydrogen (secondary N) is 2. The van der Waals surface area contributed by atoms with Crippen LogP contribution in [0.25, 0.3) is 0 Å². The fourth-order valence-corrected chi connectivity index (χ4v) is 3.76. The van der Waals surface area contributed by atoms with Gasteiger partial charge >= 0.3 is 11.8 Å². The van der Waals surface area contributed by atoms with Crippen molar-refractivity contribution in [1.29, 1.82) is 0 Å². The first-order valence-electron chi connectivity index (χ1n) is 10.3. The molecule has 4 heteroatoms. The van der Waals surface area contributed by atoms with Gasteiger partial charge in [0.25, 0.3) is 0 Å². The minimum atomic E-state index is -0.600. The van der Waals surface area contributed by atoms with E-state index in [-0.39, 0.29) is 12.1 Å². The van der Waals surface area contributed by atoms with Crippen molar-refractivity contribution in [2.45, 2.75) is 65.0 Å². The molecule has 2 amide bonds. The third-order valence-corrected chi connectivity index (χ3v) is 5.66. The molecule has 0 bridgehead atoms. The lowest BCUT2D eigenvalue weighted by Crippen LogP contribution is -2.41. The Kier molecular flexibility index (Phi) is 6.50. The lowest BCUT2D eigenvalue weighted by Gasteiger charge is -2.20. The number of rotatable bonds is 5. The standard InChI is InChI=1S/C24H30N2O2/c1-4-18-9-11-19(12-10-18)16(2)25-23(27)24(28)26-17(3)21-14-13-20-7-5-6-8-22(20)15-21/h9-17H,4-8H2,1-3H3,(H,25,27)(H,26,28). The van der Waals surface area contributed by atoms with Crippen LogP contribution in [-0.2, 0) is 28.9 Å². The summed E-state index contributed by atoms with van der Waals surface area (Å²) in [5.41, 5.74) is 6.07. The zero-order chi connectivity index (χ0) is 20.1. The molecule has 0 saturated carbocycles. The maximum absolute atomic E-state index is 12.4. The van der Waals surface area contributed by atoms with E-state index in [0.717, 1.165) is 30.4 Å². The van der Waals surface area contributed by atoms with E-state index >= 15 is 0 Å². The Bertz CT molecular complexity index is 842. The van der Waals surface area contributed by atoms with Crippen LogP contribution in [0.1, 0.15) is 73.5 Å². The molecule has 3 rings (SSSR count). The van der Waals surface area contributed by atoms with Crippen molar-refractivity contribution < 1.29 is 9.59 Å². The van der Waals surface area contributed by atoms with Crippen LogP contribution < -0.4 is 10.6 Å². The molecule has 0 radical (unpaired) electrons. The number of carbonyl (C=O) groups excluding carboxylic acids is 2. The lowest BCUT2D eigenvalue weighted by atomic mass is 9.89. The van der Waals surface area contributed by atoms with Crippen LogP contribution >= 0.6 is 0 Å². The normalized spacial score (nSPS) is 15.2. The first kappa shape index (κ1) is 20.1. The second kappa shape index (κ2) is 9.05. The largest absolute Gasteiger partial charge is 0.341 e. The van der Waals surface area contributed by atoms with Gasteiger partial charge in [0.2, 0.25) is 0 Å². The lowest BCUT2D eigenvalue weighted by molar-refractivity contribution is -0.140. The highest BCUT2D eigenvalue weighted by molar-refractivity contribution is 6.35. The Labute approximate surface area is 167 Å². The number of hydrogen-bond acceptors (Lipinski definition) is 2. The Morgan fingerprint density at radius 3 is 1.96 bits per heavy atom. The van der Waals surface area contributed by atoms with E-state index < -0.39 is 11.8 Å². The molecule has 1 aliphatic carbocycles. The summed E-state index contributed by atoms with van der Waals surface area (Å²) in [5, 5.41) is 5.62. The topological polar surface area (TPSA) is 58.2 Å². The second-order valence-corrected chi connectivity index (χ2v) is 7.72. The fraction of sp³-hybridized carbons (Fsp3) is 0.417. The third-order valence-electron chi connectivity index (χ3n) is 5.66. The Morgan fingerprint density at radius 1 is 0.821 bits per heavy atom. The average Bonchev–Trinajstić information content (AvgIpc) is 2.73. The number of aryl methyl sites for hydroxylation is 3. The quantitative estimate of drug-likeness (QED) is 0.767. The first-order valence-corrected chi connectivity index (χ1v) is 10.3. The predicted molar refractivity (Wildman–Crippen MR) is 112 cm³/mol. The van der Waals surface area contributed by atoms with Gasteiger partial charge in [0.15, 0.2) is 0 Å². The summed E-state index contributed by atoms with van der Waals surface area (Å²) < 4.78 is 0. The minimum absolute atomic E-state index is 0.204. The highest BCUT2D eigenvalue weighted by Crippen LogP contribution is 2.24. The van der Waals surface area contributed by atoms with Crippen LogP contribution in [0, 0.1) is 0 Å². The molecular formula is C24H30N2O2. The van der Waals surface area contributed by atoms with Gasteiger partial charge in [0, 0.05) is 0 Å². The molecule has 0 aromatic heterocycles. The highest BCUT2D eigenvalue weighted by Gasteiger charge is 2.20. The van der Waals surface area contributed by atoms with Crippen LogP contribution in [0.4, 0.5) is 0 Å². The van der Waals surface area contributed by atoms with Gasteiger partial charge in [0.05, 0.1) is 12.1 Å². The molecule has 2 atom stereocenters. The second-order valence-electron chi connectivity index (χ2n) is 7.72.